The van der Waals surface area contributed by atoms with Crippen molar-refractivity contribution in [3.63, 3.8) is 0 Å². The van der Waals surface area contributed by atoms with Crippen LogP contribution in [0, 0.1) is 12.3 Å². The van der Waals surface area contributed by atoms with E-state index in [0.29, 0.717) is 0 Å². The van der Waals surface area contributed by atoms with Gasteiger partial charge in [0.2, 0.25) is 0 Å². The number of hydrogen-bond acceptors (Lipinski definition) is 3. The maximum atomic E-state index is 11.6. The van der Waals surface area contributed by atoms with Gasteiger partial charge in [-0.1, -0.05) is 19.3 Å². The highest BCUT2D eigenvalue weighted by atomic mass is 32.2. The summed E-state index contributed by atoms with van der Waals surface area (Å²) in [6.45, 7) is 4.62. The van der Waals surface area contributed by atoms with Crippen LogP contribution in [0.4, 0.5) is 4.79 Å². The van der Waals surface area contributed by atoms with E-state index in [4.69, 9.17) is 11.2 Å². The van der Waals surface area contributed by atoms with E-state index in [1.165, 1.54) is 0 Å². The zero-order valence-corrected chi connectivity index (χ0v) is 12.1. The summed E-state index contributed by atoms with van der Waals surface area (Å²) in [5, 5.41) is 2.54. The van der Waals surface area contributed by atoms with E-state index in [1.807, 2.05) is 24.3 Å². The summed E-state index contributed by atoms with van der Waals surface area (Å²) in [7, 11) is 0. The van der Waals surface area contributed by atoms with Crippen LogP contribution in [0.5, 0.6) is 5.75 Å². The molecule has 1 atom stereocenters. The SMILES string of the molecule is C#CC(C)NC(=O)Sc1ccc(OCCCC)cc1. The Balaban J connectivity index is 2.43. The summed E-state index contributed by atoms with van der Waals surface area (Å²) in [5.41, 5.74) is 0. The minimum absolute atomic E-state index is 0.148. The summed E-state index contributed by atoms with van der Waals surface area (Å²) in [4.78, 5) is 12.5. The first kappa shape index (κ1) is 15.5. The number of nitrogens with one attached hydrogen (secondary N) is 1. The Bertz CT molecular complexity index is 436. The topological polar surface area (TPSA) is 38.3 Å². The summed E-state index contributed by atoms with van der Waals surface area (Å²) in [6, 6.07) is 7.22. The molecule has 3 nitrogen and oxygen atoms in total. The van der Waals surface area contributed by atoms with E-state index in [-0.39, 0.29) is 11.3 Å². The first-order valence-corrected chi connectivity index (χ1v) is 7.14. The zero-order chi connectivity index (χ0) is 14.1. The van der Waals surface area contributed by atoms with E-state index >= 15 is 0 Å². The fourth-order valence-corrected chi connectivity index (χ4v) is 2.02. The Morgan fingerprint density at radius 1 is 1.47 bits per heavy atom. The monoisotopic (exact) mass is 277 g/mol. The molecule has 0 aliphatic carbocycles. The van der Waals surface area contributed by atoms with Gasteiger partial charge in [-0.3, -0.25) is 4.79 Å². The molecule has 0 spiro atoms. The Kier molecular flexibility index (Phi) is 6.91. The molecule has 0 fully saturated rings. The van der Waals surface area contributed by atoms with Gasteiger partial charge in [0.05, 0.1) is 12.6 Å². The minimum Gasteiger partial charge on any atom is -0.494 e. The van der Waals surface area contributed by atoms with Gasteiger partial charge in [-0.2, -0.15) is 0 Å². The molecule has 0 aliphatic heterocycles. The van der Waals surface area contributed by atoms with Gasteiger partial charge in [0.15, 0.2) is 0 Å². The fraction of sp³-hybridized carbons (Fsp3) is 0.400. The third kappa shape index (κ3) is 6.21. The Labute approximate surface area is 119 Å². The molecule has 19 heavy (non-hydrogen) atoms. The summed E-state index contributed by atoms with van der Waals surface area (Å²) < 4.78 is 5.55. The first-order chi connectivity index (χ1) is 9.15. The lowest BCUT2D eigenvalue weighted by molar-refractivity contribution is 0.260. The van der Waals surface area contributed by atoms with Crippen LogP contribution in [-0.4, -0.2) is 17.9 Å². The van der Waals surface area contributed by atoms with Gasteiger partial charge in [0.25, 0.3) is 5.24 Å². The van der Waals surface area contributed by atoms with Gasteiger partial charge in [0.1, 0.15) is 5.75 Å². The number of benzene rings is 1. The average Bonchev–Trinajstić information content (AvgIpc) is 2.40. The standard InChI is InChI=1S/C15H19NO2S/c1-4-6-11-18-13-7-9-14(10-8-13)19-15(17)16-12(3)5-2/h2,7-10,12H,4,6,11H2,1,3H3,(H,16,17). The quantitative estimate of drug-likeness (QED) is 0.489. The second kappa shape index (κ2) is 8.49. The molecule has 1 N–H and O–H groups in total. The van der Waals surface area contributed by atoms with Crippen LogP contribution in [0.25, 0.3) is 0 Å². The number of unbranched alkanes of at least 4 members (excludes halogenated alkanes) is 1. The molecule has 1 unspecified atom stereocenters. The van der Waals surface area contributed by atoms with Crippen molar-refractivity contribution < 1.29 is 9.53 Å². The van der Waals surface area contributed by atoms with Gasteiger partial charge in [-0.25, -0.2) is 0 Å². The maximum Gasteiger partial charge on any atom is 0.284 e. The van der Waals surface area contributed by atoms with E-state index in [9.17, 15) is 4.79 Å². The smallest absolute Gasteiger partial charge is 0.284 e. The van der Waals surface area contributed by atoms with Crippen molar-refractivity contribution in [1.29, 1.82) is 0 Å². The molecule has 1 amide bonds. The molecule has 4 heteroatoms. The number of rotatable bonds is 6. The Morgan fingerprint density at radius 3 is 2.74 bits per heavy atom. The van der Waals surface area contributed by atoms with Gasteiger partial charge in [-0.15, -0.1) is 6.42 Å². The van der Waals surface area contributed by atoms with Crippen molar-refractivity contribution in [2.75, 3.05) is 6.61 Å². The molecule has 1 rings (SSSR count). The second-order valence-electron chi connectivity index (χ2n) is 4.10. The minimum atomic E-state index is -0.253. The molecular weight excluding hydrogens is 258 g/mol. The van der Waals surface area contributed by atoms with Gasteiger partial charge >= 0.3 is 0 Å². The first-order valence-electron chi connectivity index (χ1n) is 6.33. The van der Waals surface area contributed by atoms with Crippen LogP contribution in [0.3, 0.4) is 0 Å². The second-order valence-corrected chi connectivity index (χ2v) is 5.14. The van der Waals surface area contributed by atoms with Crippen LogP contribution in [0.2, 0.25) is 0 Å². The number of terminal acetylenes is 1. The Morgan fingerprint density at radius 2 is 2.16 bits per heavy atom. The van der Waals surface area contributed by atoms with Crippen LogP contribution < -0.4 is 10.1 Å². The summed E-state index contributed by atoms with van der Waals surface area (Å²) >= 11 is 1.12. The fourth-order valence-electron chi connectivity index (χ4n) is 1.29. The number of carbonyl (C=O) groups excluding carboxylic acids is 1. The van der Waals surface area contributed by atoms with Crippen LogP contribution in [-0.2, 0) is 0 Å². The summed E-state index contributed by atoms with van der Waals surface area (Å²) in [5.74, 6) is 3.28. The highest BCUT2D eigenvalue weighted by molar-refractivity contribution is 8.13. The van der Waals surface area contributed by atoms with Crippen LogP contribution >= 0.6 is 11.8 Å². The van der Waals surface area contributed by atoms with Crippen LogP contribution in [0.1, 0.15) is 26.7 Å². The van der Waals surface area contributed by atoms with Crippen molar-refractivity contribution in [3.05, 3.63) is 24.3 Å². The van der Waals surface area contributed by atoms with Crippen molar-refractivity contribution in [2.24, 2.45) is 0 Å². The zero-order valence-electron chi connectivity index (χ0n) is 11.3. The highest BCUT2D eigenvalue weighted by Gasteiger charge is 2.06. The molecule has 1 aromatic carbocycles. The molecule has 0 bridgehead atoms. The van der Waals surface area contributed by atoms with Crippen molar-refractivity contribution in [2.45, 2.75) is 37.6 Å². The molecule has 0 saturated heterocycles. The molecule has 0 aromatic heterocycles. The molecule has 0 saturated carbocycles. The largest absolute Gasteiger partial charge is 0.494 e. The third-order valence-electron chi connectivity index (χ3n) is 2.39. The normalized spacial score (nSPS) is 11.4. The van der Waals surface area contributed by atoms with Crippen molar-refractivity contribution in [1.82, 2.24) is 5.32 Å². The number of thioether (sulfide) groups is 1. The molecule has 0 aliphatic rings. The van der Waals surface area contributed by atoms with E-state index < -0.39 is 0 Å². The van der Waals surface area contributed by atoms with E-state index in [0.717, 1.165) is 41.9 Å². The number of ether oxygens (including phenoxy) is 1. The lowest BCUT2D eigenvalue weighted by atomic mass is 10.3. The van der Waals surface area contributed by atoms with Gasteiger partial charge in [0, 0.05) is 4.90 Å². The Hall–Kier alpha value is -1.60. The number of carbonyl (C=O) groups is 1. The average molecular weight is 277 g/mol. The maximum absolute atomic E-state index is 11.6. The molecule has 0 heterocycles. The van der Waals surface area contributed by atoms with Crippen molar-refractivity contribution >= 4 is 17.0 Å². The predicted octanol–water partition coefficient (Wildman–Crippen LogP) is 3.69. The molecule has 102 valence electrons. The third-order valence-corrected chi connectivity index (χ3v) is 3.20. The van der Waals surface area contributed by atoms with Crippen molar-refractivity contribution in [3.8, 4) is 18.1 Å². The summed E-state index contributed by atoms with van der Waals surface area (Å²) in [6.07, 6.45) is 7.36. The highest BCUT2D eigenvalue weighted by Crippen LogP contribution is 2.22. The van der Waals surface area contributed by atoms with Gasteiger partial charge in [-0.05, 0) is 49.4 Å². The molecule has 0 radical (unpaired) electrons. The molecular formula is C15H19NO2S. The lowest BCUT2D eigenvalue weighted by Gasteiger charge is -2.08. The number of amides is 1. The predicted molar refractivity (Wildman–Crippen MR) is 79.5 cm³/mol. The van der Waals surface area contributed by atoms with E-state index in [2.05, 4.69) is 18.2 Å². The van der Waals surface area contributed by atoms with Crippen LogP contribution in [0.15, 0.2) is 29.2 Å². The van der Waals surface area contributed by atoms with Gasteiger partial charge < -0.3 is 10.1 Å². The van der Waals surface area contributed by atoms with E-state index in [1.54, 1.807) is 6.92 Å². The lowest BCUT2D eigenvalue weighted by Crippen LogP contribution is -2.27. The number of hydrogen-bond donors (Lipinski definition) is 1. The molecule has 1 aromatic rings.